The second kappa shape index (κ2) is 4.82. The fourth-order valence-electron chi connectivity index (χ4n) is 1.11. The first-order chi connectivity index (χ1) is 5.31. The third-order valence-electron chi connectivity index (χ3n) is 1.44. The van der Waals surface area contributed by atoms with Gasteiger partial charge in [-0.1, -0.05) is 20.8 Å². The maximum Gasteiger partial charge on any atom is 0.264 e. The van der Waals surface area contributed by atoms with Crippen LogP contribution in [-0.4, -0.2) is 21.3 Å². The van der Waals surface area contributed by atoms with Crippen LogP contribution in [0.15, 0.2) is 0 Å². The van der Waals surface area contributed by atoms with Crippen LogP contribution in [0.3, 0.4) is 0 Å². The molecule has 4 heteroatoms. The van der Waals surface area contributed by atoms with Gasteiger partial charge in [0, 0.05) is 0 Å². The highest BCUT2D eigenvalue weighted by Gasteiger charge is 2.08. The Kier molecular flexibility index (Phi) is 4.78. The van der Waals surface area contributed by atoms with Gasteiger partial charge in [0.1, 0.15) is 0 Å². The zero-order valence-corrected chi connectivity index (χ0v) is 9.02. The molecule has 0 fully saturated rings. The molecule has 0 aromatic heterocycles. The molecular formula is C8H18O3S. The van der Waals surface area contributed by atoms with Gasteiger partial charge in [-0.25, -0.2) is 0 Å². The number of hydrogen-bond donors (Lipinski definition) is 0. The summed E-state index contributed by atoms with van der Waals surface area (Å²) in [5.41, 5.74) is 0. The summed E-state index contributed by atoms with van der Waals surface area (Å²) in [6, 6.07) is 0. The highest BCUT2D eigenvalue weighted by molar-refractivity contribution is 7.85. The van der Waals surface area contributed by atoms with Crippen LogP contribution in [0.4, 0.5) is 0 Å². The summed E-state index contributed by atoms with van der Waals surface area (Å²) >= 11 is 0. The van der Waals surface area contributed by atoms with Gasteiger partial charge >= 0.3 is 0 Å². The quantitative estimate of drug-likeness (QED) is 0.625. The monoisotopic (exact) mass is 194 g/mol. The molecule has 0 aliphatic heterocycles. The molecule has 0 saturated heterocycles. The molecule has 0 aromatic rings. The van der Waals surface area contributed by atoms with Gasteiger partial charge in [-0.2, -0.15) is 8.42 Å². The van der Waals surface area contributed by atoms with Crippen molar-refractivity contribution in [3.05, 3.63) is 0 Å². The normalized spacial score (nSPS) is 15.1. The molecule has 0 amide bonds. The van der Waals surface area contributed by atoms with Crippen LogP contribution < -0.4 is 0 Å². The molecule has 0 unspecified atom stereocenters. The van der Waals surface area contributed by atoms with E-state index in [4.69, 9.17) is 0 Å². The Morgan fingerprint density at radius 1 is 1.25 bits per heavy atom. The summed E-state index contributed by atoms with van der Waals surface area (Å²) in [7, 11) is -3.25. The second-order valence-electron chi connectivity index (χ2n) is 3.72. The van der Waals surface area contributed by atoms with Crippen molar-refractivity contribution in [3.8, 4) is 0 Å². The third kappa shape index (κ3) is 8.01. The van der Waals surface area contributed by atoms with E-state index in [1.54, 1.807) is 0 Å². The molecule has 0 heterocycles. The Balaban J connectivity index is 3.65. The van der Waals surface area contributed by atoms with E-state index in [-0.39, 0.29) is 0 Å². The molecule has 0 spiro atoms. The van der Waals surface area contributed by atoms with Gasteiger partial charge in [0.25, 0.3) is 10.1 Å². The molecule has 0 bridgehead atoms. The van der Waals surface area contributed by atoms with E-state index in [1.165, 1.54) is 0 Å². The van der Waals surface area contributed by atoms with Gasteiger partial charge in [0.05, 0.1) is 12.9 Å². The first kappa shape index (κ1) is 11.9. The van der Waals surface area contributed by atoms with Crippen molar-refractivity contribution in [1.82, 2.24) is 0 Å². The van der Waals surface area contributed by atoms with E-state index in [9.17, 15) is 8.42 Å². The van der Waals surface area contributed by atoms with Gasteiger partial charge in [0.2, 0.25) is 0 Å². The molecule has 0 aromatic carbocycles. The van der Waals surface area contributed by atoms with Crippen molar-refractivity contribution in [3.63, 3.8) is 0 Å². The zero-order chi connectivity index (χ0) is 9.78. The summed E-state index contributed by atoms with van der Waals surface area (Å²) in [4.78, 5) is 0. The van der Waals surface area contributed by atoms with E-state index in [1.807, 2.05) is 6.92 Å². The zero-order valence-electron chi connectivity index (χ0n) is 8.20. The number of hydrogen-bond acceptors (Lipinski definition) is 3. The van der Waals surface area contributed by atoms with Crippen LogP contribution in [0.25, 0.3) is 0 Å². The number of rotatable bonds is 5. The smallest absolute Gasteiger partial charge is 0.264 e. The van der Waals surface area contributed by atoms with Gasteiger partial charge in [-0.3, -0.25) is 4.18 Å². The lowest BCUT2D eigenvalue weighted by Crippen LogP contribution is -2.12. The molecule has 74 valence electrons. The van der Waals surface area contributed by atoms with Crippen molar-refractivity contribution in [2.24, 2.45) is 11.8 Å². The van der Waals surface area contributed by atoms with E-state index < -0.39 is 10.1 Å². The SMILES string of the molecule is CC(C)C[C@@H](C)COS(C)(=O)=O. The predicted octanol–water partition coefficient (Wildman–Crippen LogP) is 1.64. The first-order valence-corrected chi connectivity index (χ1v) is 5.97. The molecule has 0 aliphatic rings. The fraction of sp³-hybridized carbons (Fsp3) is 1.00. The van der Waals surface area contributed by atoms with Crippen molar-refractivity contribution in [2.45, 2.75) is 27.2 Å². The van der Waals surface area contributed by atoms with E-state index in [2.05, 4.69) is 18.0 Å². The Labute approximate surface area is 75.2 Å². The Morgan fingerprint density at radius 3 is 2.08 bits per heavy atom. The second-order valence-corrected chi connectivity index (χ2v) is 5.37. The molecular weight excluding hydrogens is 176 g/mol. The minimum absolute atomic E-state index is 0.303. The summed E-state index contributed by atoms with van der Waals surface area (Å²) in [6.45, 7) is 6.51. The summed E-state index contributed by atoms with van der Waals surface area (Å²) in [5, 5.41) is 0. The van der Waals surface area contributed by atoms with Crippen LogP contribution in [-0.2, 0) is 14.3 Å². The van der Waals surface area contributed by atoms with Gasteiger partial charge in [-0.05, 0) is 18.3 Å². The molecule has 3 nitrogen and oxygen atoms in total. The van der Waals surface area contributed by atoms with E-state index in [0.717, 1.165) is 12.7 Å². The summed E-state index contributed by atoms with van der Waals surface area (Å²) in [5.74, 6) is 0.892. The van der Waals surface area contributed by atoms with Gasteiger partial charge in [0.15, 0.2) is 0 Å². The molecule has 0 aliphatic carbocycles. The highest BCUT2D eigenvalue weighted by Crippen LogP contribution is 2.11. The Bertz CT molecular complexity index is 206. The fourth-order valence-corrected chi connectivity index (χ4v) is 1.59. The van der Waals surface area contributed by atoms with Crippen molar-refractivity contribution in [1.29, 1.82) is 0 Å². The van der Waals surface area contributed by atoms with Crippen LogP contribution in [0.1, 0.15) is 27.2 Å². The lowest BCUT2D eigenvalue weighted by Gasteiger charge is -2.12. The van der Waals surface area contributed by atoms with Crippen molar-refractivity contribution < 1.29 is 12.6 Å². The van der Waals surface area contributed by atoms with Gasteiger partial charge < -0.3 is 0 Å². The lowest BCUT2D eigenvalue weighted by molar-refractivity contribution is 0.246. The third-order valence-corrected chi connectivity index (χ3v) is 2.00. The maximum atomic E-state index is 10.6. The van der Waals surface area contributed by atoms with Crippen LogP contribution in [0.2, 0.25) is 0 Å². The molecule has 0 N–H and O–H groups in total. The standard InChI is InChI=1S/C8H18O3S/c1-7(2)5-8(3)6-11-12(4,9)10/h7-8H,5-6H2,1-4H3/t8-/m1/s1. The van der Waals surface area contributed by atoms with Crippen molar-refractivity contribution >= 4 is 10.1 Å². The van der Waals surface area contributed by atoms with Crippen molar-refractivity contribution in [2.75, 3.05) is 12.9 Å². The lowest BCUT2D eigenvalue weighted by atomic mass is 10.0. The average Bonchev–Trinajstić information content (AvgIpc) is 1.80. The summed E-state index contributed by atoms with van der Waals surface area (Å²) < 4.78 is 25.9. The first-order valence-electron chi connectivity index (χ1n) is 4.15. The van der Waals surface area contributed by atoms with E-state index >= 15 is 0 Å². The maximum absolute atomic E-state index is 10.6. The topological polar surface area (TPSA) is 43.4 Å². The Morgan fingerprint density at radius 2 is 1.75 bits per heavy atom. The average molecular weight is 194 g/mol. The highest BCUT2D eigenvalue weighted by atomic mass is 32.2. The minimum Gasteiger partial charge on any atom is -0.270 e. The van der Waals surface area contributed by atoms with E-state index in [0.29, 0.717) is 18.4 Å². The predicted molar refractivity (Wildman–Crippen MR) is 49.4 cm³/mol. The molecule has 0 radical (unpaired) electrons. The van der Waals surface area contributed by atoms with Crippen LogP contribution in [0, 0.1) is 11.8 Å². The van der Waals surface area contributed by atoms with Crippen LogP contribution in [0.5, 0.6) is 0 Å². The molecule has 0 saturated carbocycles. The van der Waals surface area contributed by atoms with Crippen LogP contribution >= 0.6 is 0 Å². The molecule has 12 heavy (non-hydrogen) atoms. The summed E-state index contributed by atoms with van der Waals surface area (Å²) in [6.07, 6.45) is 2.07. The van der Waals surface area contributed by atoms with Gasteiger partial charge in [-0.15, -0.1) is 0 Å². The Hall–Kier alpha value is -0.0900. The minimum atomic E-state index is -3.25. The molecule has 0 rings (SSSR count). The molecule has 1 atom stereocenters. The largest absolute Gasteiger partial charge is 0.270 e.